The third-order valence-electron chi connectivity index (χ3n) is 16.2. The van der Waals surface area contributed by atoms with E-state index < -0.39 is 27.1 Å². The summed E-state index contributed by atoms with van der Waals surface area (Å²) in [6.07, 6.45) is 14.3. The second-order valence-corrected chi connectivity index (χ2v) is 20.8. The lowest BCUT2D eigenvalue weighted by atomic mass is 9.32. The fourth-order valence-corrected chi connectivity index (χ4v) is 14.9. The number of amides is 1. The Kier molecular flexibility index (Phi) is 8.65. The van der Waals surface area contributed by atoms with E-state index in [4.69, 9.17) is 0 Å². The van der Waals surface area contributed by atoms with Gasteiger partial charge in [0.05, 0.1) is 17.4 Å². The van der Waals surface area contributed by atoms with Crippen molar-refractivity contribution in [3.63, 3.8) is 0 Å². The normalized spacial score (nSPS) is 40.4. The van der Waals surface area contributed by atoms with Gasteiger partial charge in [-0.3, -0.25) is 9.52 Å². The zero-order valence-electron chi connectivity index (χ0n) is 31.2. The predicted octanol–water partition coefficient (Wildman–Crippen LogP) is 8.23. The Hall–Kier alpha value is -2.45. The third-order valence-corrected chi connectivity index (χ3v) is 18.1. The lowest BCUT2D eigenvalue weighted by Crippen LogP contribution is -2.66. The first-order valence-electron chi connectivity index (χ1n) is 19.3. The average molecular weight is 705 g/mol. The van der Waals surface area contributed by atoms with Crippen LogP contribution in [0.3, 0.4) is 0 Å². The summed E-state index contributed by atoms with van der Waals surface area (Å²) in [5, 5.41) is 12.5. The number of carbonyl (C=O) groups is 2. The molecule has 8 heteroatoms. The van der Waals surface area contributed by atoms with Crippen molar-refractivity contribution in [3.05, 3.63) is 53.6 Å². The van der Waals surface area contributed by atoms with E-state index in [2.05, 4.69) is 64.2 Å². The van der Waals surface area contributed by atoms with E-state index in [0.717, 1.165) is 37.8 Å². The van der Waals surface area contributed by atoms with Gasteiger partial charge in [0, 0.05) is 6.54 Å². The zero-order chi connectivity index (χ0) is 36.1. The van der Waals surface area contributed by atoms with Gasteiger partial charge in [-0.05, 0) is 157 Å². The van der Waals surface area contributed by atoms with Gasteiger partial charge in [-0.15, -0.1) is 0 Å². The molecule has 1 aromatic rings. The summed E-state index contributed by atoms with van der Waals surface area (Å²) < 4.78 is 27.1. The molecule has 9 atom stereocenters. The van der Waals surface area contributed by atoms with E-state index in [1.54, 1.807) is 12.1 Å². The summed E-state index contributed by atoms with van der Waals surface area (Å²) in [5.41, 5.74) is 4.81. The highest BCUT2D eigenvalue weighted by Gasteiger charge is 2.70. The molecule has 1 amide bonds. The number of hydrogen-bond acceptors (Lipinski definition) is 5. The quantitative estimate of drug-likeness (QED) is 0.223. The summed E-state index contributed by atoms with van der Waals surface area (Å²) in [6, 6.07) is 7.50. The van der Waals surface area contributed by atoms with Crippen LogP contribution in [0, 0.1) is 56.7 Å². The standard InChI is InChI=1S/C42H60N2O5S/c1-26(2)30-16-21-42(25-43-24-35(45)44-50(48,49)29-12-13-29)23-22-40(6)32(36(30)42)14-15-34-39(5)19-17-31(27-8-10-28(11-9-27)37(46)47)38(3,4)33(39)18-20-41(34,40)7/h8-11,17,29-30,32-34,36,43H,1,12-16,18-25H2,2-7H3,(H,44,45)(H,46,47). The number of benzene rings is 1. The van der Waals surface area contributed by atoms with Gasteiger partial charge in [0.15, 0.2) is 0 Å². The fourth-order valence-electron chi connectivity index (χ4n) is 13.6. The van der Waals surface area contributed by atoms with Crippen molar-refractivity contribution >= 4 is 27.5 Å². The van der Waals surface area contributed by atoms with Crippen LogP contribution in [-0.2, 0) is 14.8 Å². The van der Waals surface area contributed by atoms with E-state index >= 15 is 0 Å². The van der Waals surface area contributed by atoms with Crippen LogP contribution in [0.4, 0.5) is 0 Å². The molecule has 7 nitrogen and oxygen atoms in total. The molecule has 5 fully saturated rings. The summed E-state index contributed by atoms with van der Waals surface area (Å²) in [6.45, 7) is 20.3. The molecule has 0 bridgehead atoms. The number of nitrogens with one attached hydrogen (secondary N) is 2. The number of hydrogen-bond donors (Lipinski definition) is 3. The molecule has 0 aliphatic heterocycles. The van der Waals surface area contributed by atoms with Gasteiger partial charge < -0.3 is 10.4 Å². The lowest BCUT2D eigenvalue weighted by Gasteiger charge is -2.72. The van der Waals surface area contributed by atoms with Crippen molar-refractivity contribution in [2.75, 3.05) is 13.1 Å². The minimum absolute atomic E-state index is 0.0228. The molecule has 50 heavy (non-hydrogen) atoms. The van der Waals surface area contributed by atoms with Gasteiger partial charge in [-0.25, -0.2) is 13.2 Å². The maximum Gasteiger partial charge on any atom is 0.335 e. The molecule has 0 heterocycles. The molecule has 0 saturated heterocycles. The van der Waals surface area contributed by atoms with Crippen LogP contribution in [-0.4, -0.2) is 43.7 Å². The van der Waals surface area contributed by atoms with E-state index in [9.17, 15) is 23.1 Å². The first-order chi connectivity index (χ1) is 23.4. The first kappa shape index (κ1) is 35.9. The minimum atomic E-state index is -3.54. The van der Waals surface area contributed by atoms with Crippen LogP contribution in [0.25, 0.3) is 5.57 Å². The lowest BCUT2D eigenvalue weighted by molar-refractivity contribution is -0.225. The van der Waals surface area contributed by atoms with Crippen LogP contribution in [0.15, 0.2) is 42.5 Å². The molecular weight excluding hydrogens is 645 g/mol. The molecule has 0 aromatic heterocycles. The molecule has 3 N–H and O–H groups in total. The van der Waals surface area contributed by atoms with E-state index in [0.29, 0.717) is 48.0 Å². The van der Waals surface area contributed by atoms with Gasteiger partial charge in [-0.2, -0.15) is 0 Å². The molecule has 6 aliphatic carbocycles. The van der Waals surface area contributed by atoms with Crippen molar-refractivity contribution in [1.29, 1.82) is 0 Å². The van der Waals surface area contributed by atoms with Gasteiger partial charge >= 0.3 is 5.97 Å². The van der Waals surface area contributed by atoms with Crippen molar-refractivity contribution < 1.29 is 23.1 Å². The van der Waals surface area contributed by atoms with Gasteiger partial charge in [0.25, 0.3) is 0 Å². The molecule has 0 spiro atoms. The maximum atomic E-state index is 12.7. The van der Waals surface area contributed by atoms with Gasteiger partial charge in [-0.1, -0.05) is 65.0 Å². The van der Waals surface area contributed by atoms with Crippen LogP contribution in [0.5, 0.6) is 0 Å². The van der Waals surface area contributed by atoms with Crippen LogP contribution >= 0.6 is 0 Å². The predicted molar refractivity (Wildman–Crippen MR) is 199 cm³/mol. The molecule has 5 saturated carbocycles. The van der Waals surface area contributed by atoms with E-state index in [-0.39, 0.29) is 33.6 Å². The Morgan fingerprint density at radius 2 is 1.58 bits per heavy atom. The Labute approximate surface area is 300 Å². The number of allylic oxidation sites excluding steroid dienone is 3. The number of carboxylic acid groups (broad SMARTS) is 1. The van der Waals surface area contributed by atoms with Crippen LogP contribution in [0.1, 0.15) is 128 Å². The number of carbonyl (C=O) groups excluding carboxylic acids is 1. The van der Waals surface area contributed by atoms with Crippen molar-refractivity contribution in [2.24, 2.45) is 56.7 Å². The van der Waals surface area contributed by atoms with E-state index in [1.165, 1.54) is 43.3 Å². The van der Waals surface area contributed by atoms with Crippen molar-refractivity contribution in [3.8, 4) is 0 Å². The second-order valence-electron chi connectivity index (χ2n) is 18.8. The summed E-state index contributed by atoms with van der Waals surface area (Å²) in [4.78, 5) is 24.3. The Bertz CT molecular complexity index is 1710. The molecular formula is C42H60N2O5S. The summed E-state index contributed by atoms with van der Waals surface area (Å²) in [5.74, 6) is 1.41. The average Bonchev–Trinajstić information content (AvgIpc) is 3.83. The molecule has 6 aliphatic rings. The SMILES string of the molecule is C=C(C)C1CCC2(CNCC(=O)NS(=O)(=O)C3CC3)CCC3(C)C(CCC4C5(C)CC=C(c6ccc(C(=O)O)cc6)C(C)(C)C5CCC43C)C12. The Morgan fingerprint density at radius 1 is 0.880 bits per heavy atom. The molecule has 274 valence electrons. The number of carboxylic acids is 1. The summed E-state index contributed by atoms with van der Waals surface area (Å²) >= 11 is 0. The minimum Gasteiger partial charge on any atom is -0.478 e. The highest BCUT2D eigenvalue weighted by molar-refractivity contribution is 7.90. The number of fused-ring (bicyclic) bond motifs is 7. The summed E-state index contributed by atoms with van der Waals surface area (Å²) in [7, 11) is -3.54. The van der Waals surface area contributed by atoms with Gasteiger partial charge in [0.1, 0.15) is 0 Å². The molecule has 9 unspecified atom stereocenters. The number of rotatable bonds is 9. The fraction of sp³-hybridized carbons (Fsp3) is 0.714. The largest absolute Gasteiger partial charge is 0.478 e. The smallest absolute Gasteiger partial charge is 0.335 e. The Morgan fingerprint density at radius 3 is 2.22 bits per heavy atom. The van der Waals surface area contributed by atoms with Crippen LogP contribution in [0.2, 0.25) is 0 Å². The number of sulfonamides is 1. The highest BCUT2D eigenvalue weighted by atomic mass is 32.2. The number of aromatic carboxylic acids is 1. The zero-order valence-corrected chi connectivity index (χ0v) is 32.1. The Balaban J connectivity index is 1.14. The second kappa shape index (κ2) is 12.0. The third kappa shape index (κ3) is 5.39. The maximum absolute atomic E-state index is 12.7. The van der Waals surface area contributed by atoms with E-state index in [1.807, 2.05) is 12.1 Å². The topological polar surface area (TPSA) is 113 Å². The monoisotopic (exact) mass is 704 g/mol. The molecule has 7 rings (SSSR count). The van der Waals surface area contributed by atoms with Crippen LogP contribution < -0.4 is 10.0 Å². The first-order valence-corrected chi connectivity index (χ1v) is 20.9. The van der Waals surface area contributed by atoms with Gasteiger partial charge in [0.2, 0.25) is 15.9 Å². The van der Waals surface area contributed by atoms with Crippen molar-refractivity contribution in [2.45, 2.75) is 117 Å². The highest BCUT2D eigenvalue weighted by Crippen LogP contribution is 2.77. The molecule has 1 aromatic carbocycles. The molecule has 0 radical (unpaired) electrons. The van der Waals surface area contributed by atoms with Crippen molar-refractivity contribution in [1.82, 2.24) is 10.0 Å².